The van der Waals surface area contributed by atoms with Crippen molar-refractivity contribution >= 4 is 38.9 Å². The standard InChI is InChI=1S/C20H23ClN2O4S/c1-5-11-27-18-8-6-7-16(12-18)22-20(24)15(3)23(28(4,25)26)17-10-9-14(2)19(21)13-17/h5-10,12-13,15H,1,11H2,2-4H3,(H,22,24)/t15-/m0/s1. The Bertz CT molecular complexity index is 976. The fraction of sp³-hybridized carbons (Fsp3) is 0.250. The molecule has 0 bridgehead atoms. The van der Waals surface area contributed by atoms with Crippen molar-refractivity contribution in [1.82, 2.24) is 0 Å². The number of hydrogen-bond donors (Lipinski definition) is 1. The van der Waals surface area contributed by atoms with Crippen molar-refractivity contribution in [3.05, 3.63) is 65.7 Å². The number of ether oxygens (including phenoxy) is 1. The van der Waals surface area contributed by atoms with Crippen molar-refractivity contribution in [2.24, 2.45) is 0 Å². The number of nitrogens with one attached hydrogen (secondary N) is 1. The summed E-state index contributed by atoms with van der Waals surface area (Å²) < 4.78 is 31.2. The molecular formula is C20H23ClN2O4S. The predicted molar refractivity (Wildman–Crippen MR) is 114 cm³/mol. The van der Waals surface area contributed by atoms with E-state index in [9.17, 15) is 13.2 Å². The Kier molecular flexibility index (Phi) is 7.10. The summed E-state index contributed by atoms with van der Waals surface area (Å²) in [5, 5.41) is 3.15. The lowest BCUT2D eigenvalue weighted by Crippen LogP contribution is -2.45. The minimum Gasteiger partial charge on any atom is -0.489 e. The fourth-order valence-electron chi connectivity index (χ4n) is 2.59. The minimum absolute atomic E-state index is 0.323. The van der Waals surface area contributed by atoms with E-state index in [-0.39, 0.29) is 0 Å². The smallest absolute Gasteiger partial charge is 0.247 e. The van der Waals surface area contributed by atoms with Gasteiger partial charge in [-0.1, -0.05) is 36.4 Å². The van der Waals surface area contributed by atoms with E-state index in [2.05, 4.69) is 11.9 Å². The van der Waals surface area contributed by atoms with Crippen LogP contribution < -0.4 is 14.4 Å². The number of benzene rings is 2. The van der Waals surface area contributed by atoms with Crippen LogP contribution >= 0.6 is 11.6 Å². The van der Waals surface area contributed by atoms with E-state index in [0.717, 1.165) is 16.1 Å². The van der Waals surface area contributed by atoms with Crippen LogP contribution in [0.15, 0.2) is 55.1 Å². The highest BCUT2D eigenvalue weighted by Crippen LogP contribution is 2.27. The number of aryl methyl sites for hydroxylation is 1. The first kappa shape index (κ1) is 21.8. The molecule has 0 unspecified atom stereocenters. The Balaban J connectivity index is 2.27. The SMILES string of the molecule is C=CCOc1cccc(NC(=O)[C@H](C)N(c2ccc(C)c(Cl)c2)S(C)(=O)=O)c1. The number of anilines is 2. The van der Waals surface area contributed by atoms with E-state index in [1.54, 1.807) is 42.5 Å². The van der Waals surface area contributed by atoms with Crippen LogP contribution in [-0.2, 0) is 14.8 Å². The van der Waals surface area contributed by atoms with Crippen molar-refractivity contribution < 1.29 is 17.9 Å². The maximum absolute atomic E-state index is 12.7. The first-order chi connectivity index (χ1) is 13.1. The fourth-order valence-corrected chi connectivity index (χ4v) is 3.93. The summed E-state index contributed by atoms with van der Waals surface area (Å²) in [7, 11) is -3.73. The molecule has 28 heavy (non-hydrogen) atoms. The van der Waals surface area contributed by atoms with Gasteiger partial charge in [-0.3, -0.25) is 9.10 Å². The second kappa shape index (κ2) is 9.12. The van der Waals surface area contributed by atoms with Gasteiger partial charge in [0.05, 0.1) is 11.9 Å². The van der Waals surface area contributed by atoms with Crippen molar-refractivity contribution in [1.29, 1.82) is 0 Å². The quantitative estimate of drug-likeness (QED) is 0.652. The molecule has 1 N–H and O–H groups in total. The topological polar surface area (TPSA) is 75.7 Å². The molecule has 150 valence electrons. The van der Waals surface area contributed by atoms with Gasteiger partial charge in [0.15, 0.2) is 0 Å². The van der Waals surface area contributed by atoms with Gasteiger partial charge >= 0.3 is 0 Å². The van der Waals surface area contributed by atoms with E-state index >= 15 is 0 Å². The number of rotatable bonds is 8. The van der Waals surface area contributed by atoms with Gasteiger partial charge in [-0.25, -0.2) is 8.42 Å². The number of hydrogen-bond acceptors (Lipinski definition) is 4. The van der Waals surface area contributed by atoms with Gasteiger partial charge in [-0.05, 0) is 43.7 Å². The molecule has 0 aliphatic carbocycles. The molecule has 0 saturated heterocycles. The molecule has 0 radical (unpaired) electrons. The van der Waals surface area contributed by atoms with Crippen LogP contribution in [0.25, 0.3) is 0 Å². The average molecular weight is 423 g/mol. The molecule has 0 aliphatic rings. The Morgan fingerprint density at radius 2 is 2.04 bits per heavy atom. The maximum atomic E-state index is 12.7. The Labute approximate surface area is 170 Å². The summed E-state index contributed by atoms with van der Waals surface area (Å²) in [6.45, 7) is 7.25. The number of halogens is 1. The van der Waals surface area contributed by atoms with Crippen molar-refractivity contribution in [2.45, 2.75) is 19.9 Å². The first-order valence-electron chi connectivity index (χ1n) is 8.53. The highest BCUT2D eigenvalue weighted by molar-refractivity contribution is 7.92. The summed E-state index contributed by atoms with van der Waals surface area (Å²) in [6.07, 6.45) is 2.66. The Morgan fingerprint density at radius 1 is 1.32 bits per heavy atom. The Hall–Kier alpha value is -2.51. The molecule has 0 aliphatic heterocycles. The van der Waals surface area contributed by atoms with Crippen LogP contribution in [0.1, 0.15) is 12.5 Å². The van der Waals surface area contributed by atoms with Crippen molar-refractivity contribution in [2.75, 3.05) is 22.5 Å². The molecule has 2 aromatic rings. The summed E-state index contributed by atoms with van der Waals surface area (Å²) in [6, 6.07) is 10.7. The van der Waals surface area contributed by atoms with E-state index in [4.69, 9.17) is 16.3 Å². The molecule has 2 aromatic carbocycles. The molecule has 1 amide bonds. The van der Waals surface area contributed by atoms with E-state index in [1.165, 1.54) is 13.0 Å². The van der Waals surface area contributed by atoms with E-state index in [0.29, 0.717) is 28.8 Å². The van der Waals surface area contributed by atoms with Gasteiger partial charge in [0, 0.05) is 16.8 Å². The van der Waals surface area contributed by atoms with Crippen LogP contribution in [-0.4, -0.2) is 33.2 Å². The summed E-state index contributed by atoms with van der Waals surface area (Å²) in [4.78, 5) is 12.7. The maximum Gasteiger partial charge on any atom is 0.247 e. The zero-order chi connectivity index (χ0) is 20.9. The third kappa shape index (κ3) is 5.50. The molecule has 0 fully saturated rings. The number of nitrogens with zero attached hydrogens (tertiary/aromatic N) is 1. The normalized spacial score (nSPS) is 12.1. The second-order valence-electron chi connectivity index (χ2n) is 6.29. The lowest BCUT2D eigenvalue weighted by Gasteiger charge is -2.28. The van der Waals surface area contributed by atoms with E-state index in [1.807, 2.05) is 6.92 Å². The van der Waals surface area contributed by atoms with Crippen LogP contribution in [0, 0.1) is 6.92 Å². The highest BCUT2D eigenvalue weighted by Gasteiger charge is 2.29. The van der Waals surface area contributed by atoms with Crippen LogP contribution in [0.2, 0.25) is 5.02 Å². The molecule has 0 spiro atoms. The van der Waals surface area contributed by atoms with Crippen molar-refractivity contribution in [3.8, 4) is 5.75 Å². The molecule has 6 nitrogen and oxygen atoms in total. The monoisotopic (exact) mass is 422 g/mol. The third-order valence-electron chi connectivity index (χ3n) is 3.97. The van der Waals surface area contributed by atoms with Gasteiger partial charge < -0.3 is 10.1 Å². The number of carbonyl (C=O) groups excluding carboxylic acids is 1. The Morgan fingerprint density at radius 3 is 2.64 bits per heavy atom. The molecular weight excluding hydrogens is 400 g/mol. The summed E-state index contributed by atoms with van der Waals surface area (Å²) in [5.41, 5.74) is 1.63. The highest BCUT2D eigenvalue weighted by atomic mass is 35.5. The first-order valence-corrected chi connectivity index (χ1v) is 10.8. The third-order valence-corrected chi connectivity index (χ3v) is 5.62. The number of sulfonamides is 1. The van der Waals surface area contributed by atoms with Crippen molar-refractivity contribution in [3.63, 3.8) is 0 Å². The van der Waals surface area contributed by atoms with Gasteiger partial charge in [0.1, 0.15) is 18.4 Å². The summed E-state index contributed by atoms with van der Waals surface area (Å²) >= 11 is 6.14. The second-order valence-corrected chi connectivity index (χ2v) is 8.55. The largest absolute Gasteiger partial charge is 0.489 e. The molecule has 1 atom stereocenters. The lowest BCUT2D eigenvalue weighted by atomic mass is 10.2. The lowest BCUT2D eigenvalue weighted by molar-refractivity contribution is -0.116. The summed E-state index contributed by atoms with van der Waals surface area (Å²) in [5.74, 6) is 0.0821. The minimum atomic E-state index is -3.73. The number of carbonyl (C=O) groups is 1. The molecule has 2 rings (SSSR count). The van der Waals surface area contributed by atoms with Gasteiger partial charge in [-0.15, -0.1) is 0 Å². The molecule has 8 heteroatoms. The average Bonchev–Trinajstić information content (AvgIpc) is 2.62. The van der Waals surface area contributed by atoms with Gasteiger partial charge in [0.25, 0.3) is 0 Å². The molecule has 0 saturated carbocycles. The zero-order valence-corrected chi connectivity index (χ0v) is 17.5. The van der Waals surface area contributed by atoms with Gasteiger partial charge in [0.2, 0.25) is 15.9 Å². The van der Waals surface area contributed by atoms with Crippen LogP contribution in [0.3, 0.4) is 0 Å². The zero-order valence-electron chi connectivity index (χ0n) is 16.0. The number of amides is 1. The molecule has 0 heterocycles. The molecule has 0 aromatic heterocycles. The van der Waals surface area contributed by atoms with Crippen LogP contribution in [0.4, 0.5) is 11.4 Å². The predicted octanol–water partition coefficient (Wildman–Crippen LogP) is 4.01. The van der Waals surface area contributed by atoms with Gasteiger partial charge in [-0.2, -0.15) is 0 Å². The van der Waals surface area contributed by atoms with E-state index < -0.39 is 22.0 Å². The van der Waals surface area contributed by atoms with Crippen LogP contribution in [0.5, 0.6) is 5.75 Å².